The van der Waals surface area contributed by atoms with Crippen LogP contribution in [0.25, 0.3) is 6.08 Å². The first-order chi connectivity index (χ1) is 10.1. The Morgan fingerprint density at radius 1 is 1.00 bits per heavy atom. The lowest BCUT2D eigenvalue weighted by atomic mass is 10.1. The number of phenols is 1. The molecule has 2 rings (SSSR count). The third kappa shape index (κ3) is 3.63. The molecule has 0 saturated carbocycles. The standard InChI is InChI=1S/C17H16O4/c1-20-13-6-3-12(4-7-13)5-9-16(18)15-11-14(21-2)8-10-17(15)19/h3-11,19H,1-2H3/b9-5+. The molecule has 1 N–H and O–H groups in total. The molecule has 108 valence electrons. The maximum absolute atomic E-state index is 12.1. The summed E-state index contributed by atoms with van der Waals surface area (Å²) in [5.41, 5.74) is 1.07. The van der Waals surface area contributed by atoms with Gasteiger partial charge in [-0.3, -0.25) is 4.79 Å². The molecule has 0 fully saturated rings. The average Bonchev–Trinajstić information content (AvgIpc) is 2.53. The van der Waals surface area contributed by atoms with Crippen molar-refractivity contribution in [1.29, 1.82) is 0 Å². The van der Waals surface area contributed by atoms with E-state index < -0.39 is 0 Å². The predicted molar refractivity (Wildman–Crippen MR) is 81.0 cm³/mol. The van der Waals surface area contributed by atoms with Crippen molar-refractivity contribution in [3.63, 3.8) is 0 Å². The fourth-order valence-electron chi connectivity index (χ4n) is 1.82. The van der Waals surface area contributed by atoms with Gasteiger partial charge in [-0.05, 0) is 42.0 Å². The Morgan fingerprint density at radius 2 is 1.62 bits per heavy atom. The van der Waals surface area contributed by atoms with E-state index in [0.29, 0.717) is 5.75 Å². The Balaban J connectivity index is 2.18. The summed E-state index contributed by atoms with van der Waals surface area (Å²) in [7, 11) is 3.10. The van der Waals surface area contributed by atoms with E-state index >= 15 is 0 Å². The third-order valence-electron chi connectivity index (χ3n) is 3.01. The molecule has 0 amide bonds. The van der Waals surface area contributed by atoms with Gasteiger partial charge in [0.15, 0.2) is 5.78 Å². The fraction of sp³-hybridized carbons (Fsp3) is 0.118. The van der Waals surface area contributed by atoms with E-state index in [2.05, 4.69) is 0 Å². The number of phenolic OH excluding ortho intramolecular Hbond substituents is 1. The molecule has 0 aromatic heterocycles. The maximum Gasteiger partial charge on any atom is 0.189 e. The predicted octanol–water partition coefficient (Wildman–Crippen LogP) is 3.31. The van der Waals surface area contributed by atoms with Crippen molar-refractivity contribution in [3.8, 4) is 17.2 Å². The van der Waals surface area contributed by atoms with Crippen molar-refractivity contribution in [2.24, 2.45) is 0 Å². The summed E-state index contributed by atoms with van der Waals surface area (Å²) in [5, 5.41) is 9.74. The summed E-state index contributed by atoms with van der Waals surface area (Å²) >= 11 is 0. The highest BCUT2D eigenvalue weighted by Gasteiger charge is 2.09. The number of ketones is 1. The van der Waals surface area contributed by atoms with Gasteiger partial charge in [-0.15, -0.1) is 0 Å². The Morgan fingerprint density at radius 3 is 2.24 bits per heavy atom. The zero-order chi connectivity index (χ0) is 15.2. The number of methoxy groups -OCH3 is 2. The first-order valence-corrected chi connectivity index (χ1v) is 6.37. The first-order valence-electron chi connectivity index (χ1n) is 6.37. The van der Waals surface area contributed by atoms with Crippen LogP contribution in [0, 0.1) is 0 Å². The lowest BCUT2D eigenvalue weighted by Gasteiger charge is -2.04. The molecule has 21 heavy (non-hydrogen) atoms. The number of ether oxygens (including phenoxy) is 2. The van der Waals surface area contributed by atoms with E-state index in [1.54, 1.807) is 19.3 Å². The molecule has 0 bridgehead atoms. The summed E-state index contributed by atoms with van der Waals surface area (Å²) in [5.74, 6) is 0.917. The lowest BCUT2D eigenvalue weighted by molar-refractivity contribution is 0.104. The van der Waals surface area contributed by atoms with Gasteiger partial charge in [-0.25, -0.2) is 0 Å². The Kier molecular flexibility index (Phi) is 4.61. The lowest BCUT2D eigenvalue weighted by Crippen LogP contribution is -1.96. The van der Waals surface area contributed by atoms with E-state index in [1.165, 1.54) is 25.3 Å². The van der Waals surface area contributed by atoms with Gasteiger partial charge in [0.2, 0.25) is 0 Å². The quantitative estimate of drug-likeness (QED) is 0.676. The third-order valence-corrected chi connectivity index (χ3v) is 3.01. The number of carbonyl (C=O) groups excluding carboxylic acids is 1. The van der Waals surface area contributed by atoms with Crippen molar-refractivity contribution in [2.75, 3.05) is 14.2 Å². The summed E-state index contributed by atoms with van der Waals surface area (Å²) < 4.78 is 10.1. The molecule has 2 aromatic rings. The normalized spacial score (nSPS) is 10.6. The summed E-state index contributed by atoms with van der Waals surface area (Å²) in [4.78, 5) is 12.1. The minimum Gasteiger partial charge on any atom is -0.507 e. The van der Waals surface area contributed by atoms with Gasteiger partial charge in [0.1, 0.15) is 17.2 Å². The number of rotatable bonds is 5. The smallest absolute Gasteiger partial charge is 0.189 e. The van der Waals surface area contributed by atoms with E-state index in [-0.39, 0.29) is 17.1 Å². The molecule has 0 atom stereocenters. The molecule has 0 unspecified atom stereocenters. The van der Waals surface area contributed by atoms with Crippen LogP contribution in [0.4, 0.5) is 0 Å². The second-order valence-corrected chi connectivity index (χ2v) is 4.35. The molecule has 0 saturated heterocycles. The first kappa shape index (κ1) is 14.7. The molecule has 4 nitrogen and oxygen atoms in total. The highest BCUT2D eigenvalue weighted by Crippen LogP contribution is 2.24. The number of hydrogen-bond donors (Lipinski definition) is 1. The van der Waals surface area contributed by atoms with Crippen molar-refractivity contribution in [1.82, 2.24) is 0 Å². The van der Waals surface area contributed by atoms with Gasteiger partial charge in [0, 0.05) is 0 Å². The van der Waals surface area contributed by atoms with Crippen LogP contribution < -0.4 is 9.47 Å². The van der Waals surface area contributed by atoms with Crippen molar-refractivity contribution in [2.45, 2.75) is 0 Å². The monoisotopic (exact) mass is 284 g/mol. The van der Waals surface area contributed by atoms with Gasteiger partial charge in [-0.1, -0.05) is 18.2 Å². The highest BCUT2D eigenvalue weighted by atomic mass is 16.5. The van der Waals surface area contributed by atoms with Crippen LogP contribution in [0.3, 0.4) is 0 Å². The summed E-state index contributed by atoms with van der Waals surface area (Å²) in [6.07, 6.45) is 3.09. The topological polar surface area (TPSA) is 55.8 Å². The number of carbonyl (C=O) groups is 1. The van der Waals surface area contributed by atoms with E-state index in [1.807, 2.05) is 24.3 Å². The molecule has 2 aromatic carbocycles. The van der Waals surface area contributed by atoms with Gasteiger partial charge < -0.3 is 14.6 Å². The second-order valence-electron chi connectivity index (χ2n) is 4.35. The fourth-order valence-corrected chi connectivity index (χ4v) is 1.82. The zero-order valence-corrected chi connectivity index (χ0v) is 11.9. The van der Waals surface area contributed by atoms with Crippen molar-refractivity contribution in [3.05, 3.63) is 59.7 Å². The van der Waals surface area contributed by atoms with E-state index in [0.717, 1.165) is 11.3 Å². The van der Waals surface area contributed by atoms with E-state index in [9.17, 15) is 9.90 Å². The van der Waals surface area contributed by atoms with Crippen LogP contribution in [-0.2, 0) is 0 Å². The minimum absolute atomic E-state index is 0.0693. The van der Waals surface area contributed by atoms with Crippen LogP contribution in [0.15, 0.2) is 48.5 Å². The van der Waals surface area contributed by atoms with Crippen LogP contribution in [0.2, 0.25) is 0 Å². The molecule has 0 heterocycles. The SMILES string of the molecule is COc1ccc(/C=C/C(=O)c2cc(OC)ccc2O)cc1. The maximum atomic E-state index is 12.1. The molecule has 0 aliphatic heterocycles. The van der Waals surface area contributed by atoms with Crippen LogP contribution in [-0.4, -0.2) is 25.1 Å². The highest BCUT2D eigenvalue weighted by molar-refractivity contribution is 6.08. The number of allylic oxidation sites excluding steroid dienone is 1. The minimum atomic E-state index is -0.290. The zero-order valence-electron chi connectivity index (χ0n) is 11.9. The van der Waals surface area contributed by atoms with E-state index in [4.69, 9.17) is 9.47 Å². The van der Waals surface area contributed by atoms with Crippen LogP contribution >= 0.6 is 0 Å². The average molecular weight is 284 g/mol. The van der Waals surface area contributed by atoms with Gasteiger partial charge in [0.05, 0.1) is 19.8 Å². The Labute approximate surface area is 123 Å². The van der Waals surface area contributed by atoms with Crippen LogP contribution in [0.1, 0.15) is 15.9 Å². The molecular weight excluding hydrogens is 268 g/mol. The largest absolute Gasteiger partial charge is 0.507 e. The number of benzene rings is 2. The Hall–Kier alpha value is -2.75. The van der Waals surface area contributed by atoms with Gasteiger partial charge >= 0.3 is 0 Å². The molecule has 0 aliphatic rings. The molecule has 0 aliphatic carbocycles. The molecular formula is C17H16O4. The second kappa shape index (κ2) is 6.61. The molecule has 4 heteroatoms. The number of hydrogen-bond acceptors (Lipinski definition) is 4. The summed E-state index contributed by atoms with van der Waals surface area (Å²) in [6, 6.07) is 11.9. The number of aromatic hydroxyl groups is 1. The molecule has 0 radical (unpaired) electrons. The van der Waals surface area contributed by atoms with Crippen molar-refractivity contribution < 1.29 is 19.4 Å². The van der Waals surface area contributed by atoms with Crippen LogP contribution in [0.5, 0.6) is 17.2 Å². The molecule has 0 spiro atoms. The Bertz CT molecular complexity index is 657. The van der Waals surface area contributed by atoms with Gasteiger partial charge in [-0.2, -0.15) is 0 Å². The van der Waals surface area contributed by atoms with Crippen molar-refractivity contribution >= 4 is 11.9 Å². The van der Waals surface area contributed by atoms with Gasteiger partial charge in [0.25, 0.3) is 0 Å². The summed E-state index contributed by atoms with van der Waals surface area (Å²) in [6.45, 7) is 0.